The average molecular weight is 429 g/mol. The summed E-state index contributed by atoms with van der Waals surface area (Å²) in [5, 5.41) is 21.7. The van der Waals surface area contributed by atoms with Gasteiger partial charge in [0.05, 0.1) is 6.10 Å². The van der Waals surface area contributed by atoms with Crippen molar-refractivity contribution in [2.45, 2.75) is 98.2 Å². The molecule has 3 heteroatoms. The minimum atomic E-state index is -1.40. The third-order valence-electron chi connectivity index (χ3n) is 10.5. The van der Waals surface area contributed by atoms with Crippen molar-refractivity contribution in [3.63, 3.8) is 0 Å². The maximum Gasteiger partial charge on any atom is 0.187 e. The third kappa shape index (κ3) is 3.41. The standard InChI is InChI=1S/C28H44O3/c1-17(2)18(3)7-8-19(4)22-9-10-23-21-15-25(30)28(31)16-20(29)11-14-27(28,6)24(21)12-13-26(22,23)5/h7-8,15,17-20,22-24,29,31H,9-14,16H2,1-6H3/b8-7+/t18?,19-,20+,22-,23+,24+,26-,27-,28+/m1/s1. The number of aliphatic hydroxyl groups is 2. The van der Waals surface area contributed by atoms with Crippen LogP contribution in [-0.4, -0.2) is 27.7 Å². The van der Waals surface area contributed by atoms with E-state index in [2.05, 4.69) is 53.7 Å². The van der Waals surface area contributed by atoms with Gasteiger partial charge in [0.25, 0.3) is 0 Å². The monoisotopic (exact) mass is 428 g/mol. The Hall–Kier alpha value is -0.930. The minimum Gasteiger partial charge on any atom is -0.393 e. The molecule has 0 amide bonds. The molecule has 3 fully saturated rings. The van der Waals surface area contributed by atoms with E-state index in [4.69, 9.17) is 0 Å². The zero-order valence-electron chi connectivity index (χ0n) is 20.5. The number of ketones is 1. The first-order valence-electron chi connectivity index (χ1n) is 12.8. The van der Waals surface area contributed by atoms with Gasteiger partial charge in [0.1, 0.15) is 5.60 Å². The van der Waals surface area contributed by atoms with Gasteiger partial charge in [-0.15, -0.1) is 0 Å². The maximum atomic E-state index is 13.3. The molecule has 4 aliphatic rings. The molecule has 0 aromatic carbocycles. The highest BCUT2D eigenvalue weighted by molar-refractivity contribution is 5.99. The highest BCUT2D eigenvalue weighted by atomic mass is 16.3. The molecule has 4 rings (SSSR count). The lowest BCUT2D eigenvalue weighted by Gasteiger charge is -2.59. The number of allylic oxidation sites excluding steroid dienone is 3. The van der Waals surface area contributed by atoms with E-state index in [9.17, 15) is 15.0 Å². The summed E-state index contributed by atoms with van der Waals surface area (Å²) in [6.07, 6.45) is 12.4. The highest BCUT2D eigenvalue weighted by Crippen LogP contribution is 2.67. The van der Waals surface area contributed by atoms with E-state index in [1.807, 2.05) is 6.08 Å². The van der Waals surface area contributed by atoms with Gasteiger partial charge in [0.15, 0.2) is 5.78 Å². The average Bonchev–Trinajstić information content (AvgIpc) is 3.05. The molecule has 3 nitrogen and oxygen atoms in total. The van der Waals surface area contributed by atoms with E-state index >= 15 is 0 Å². The Bertz CT molecular complexity index is 781. The molecule has 0 radical (unpaired) electrons. The van der Waals surface area contributed by atoms with E-state index in [1.54, 1.807) is 0 Å². The van der Waals surface area contributed by atoms with Crippen molar-refractivity contribution in [2.24, 2.45) is 46.3 Å². The molecule has 0 heterocycles. The Labute approximate surface area is 189 Å². The molecule has 0 spiro atoms. The Morgan fingerprint density at radius 2 is 1.71 bits per heavy atom. The molecule has 4 aliphatic carbocycles. The number of rotatable bonds is 4. The quantitative estimate of drug-likeness (QED) is 0.564. The molecule has 0 aromatic rings. The van der Waals surface area contributed by atoms with Crippen LogP contribution >= 0.6 is 0 Å². The lowest BCUT2D eigenvalue weighted by Crippen LogP contribution is -2.64. The van der Waals surface area contributed by atoms with Crippen molar-refractivity contribution in [2.75, 3.05) is 0 Å². The van der Waals surface area contributed by atoms with Crippen LogP contribution in [-0.2, 0) is 4.79 Å². The summed E-state index contributed by atoms with van der Waals surface area (Å²) in [4.78, 5) is 13.3. The minimum absolute atomic E-state index is 0.147. The van der Waals surface area contributed by atoms with Gasteiger partial charge in [-0.2, -0.15) is 0 Å². The second-order valence-electron chi connectivity index (χ2n) is 12.4. The zero-order valence-corrected chi connectivity index (χ0v) is 20.5. The van der Waals surface area contributed by atoms with Crippen molar-refractivity contribution >= 4 is 5.78 Å². The fraction of sp³-hybridized carbons (Fsp3) is 0.821. The number of hydrogen-bond acceptors (Lipinski definition) is 3. The van der Waals surface area contributed by atoms with Gasteiger partial charge in [-0.3, -0.25) is 4.79 Å². The van der Waals surface area contributed by atoms with Crippen LogP contribution in [0.2, 0.25) is 0 Å². The summed E-state index contributed by atoms with van der Waals surface area (Å²) in [5.41, 5.74) is -0.275. The molecule has 3 saturated carbocycles. The van der Waals surface area contributed by atoms with Crippen molar-refractivity contribution in [1.29, 1.82) is 0 Å². The lowest BCUT2D eigenvalue weighted by molar-refractivity contribution is -0.180. The molecular formula is C28H44O3. The summed E-state index contributed by atoms with van der Waals surface area (Å²) >= 11 is 0. The predicted molar refractivity (Wildman–Crippen MR) is 125 cm³/mol. The van der Waals surface area contributed by atoms with Gasteiger partial charge in [0, 0.05) is 11.8 Å². The van der Waals surface area contributed by atoms with E-state index in [0.29, 0.717) is 36.0 Å². The largest absolute Gasteiger partial charge is 0.393 e. The van der Waals surface area contributed by atoms with Crippen molar-refractivity contribution in [1.82, 2.24) is 0 Å². The van der Waals surface area contributed by atoms with Gasteiger partial charge < -0.3 is 10.2 Å². The summed E-state index contributed by atoms with van der Waals surface area (Å²) < 4.78 is 0. The number of hydrogen-bond donors (Lipinski definition) is 2. The molecule has 9 atom stereocenters. The van der Waals surface area contributed by atoms with Crippen LogP contribution < -0.4 is 0 Å². The Morgan fingerprint density at radius 1 is 1.00 bits per heavy atom. The van der Waals surface area contributed by atoms with Crippen molar-refractivity contribution < 1.29 is 15.0 Å². The molecule has 2 N–H and O–H groups in total. The zero-order chi connectivity index (χ0) is 22.8. The van der Waals surface area contributed by atoms with Gasteiger partial charge in [-0.05, 0) is 85.5 Å². The molecule has 31 heavy (non-hydrogen) atoms. The van der Waals surface area contributed by atoms with Gasteiger partial charge >= 0.3 is 0 Å². The Morgan fingerprint density at radius 3 is 2.39 bits per heavy atom. The normalized spacial score (nSPS) is 47.0. The van der Waals surface area contributed by atoms with Crippen LogP contribution in [0.3, 0.4) is 0 Å². The van der Waals surface area contributed by atoms with Crippen LogP contribution in [0, 0.1) is 46.3 Å². The number of carbonyl (C=O) groups is 1. The molecular weight excluding hydrogens is 384 g/mol. The maximum absolute atomic E-state index is 13.3. The van der Waals surface area contributed by atoms with E-state index < -0.39 is 17.1 Å². The van der Waals surface area contributed by atoms with Gasteiger partial charge in [-0.25, -0.2) is 0 Å². The fourth-order valence-corrected chi connectivity index (χ4v) is 7.96. The summed E-state index contributed by atoms with van der Waals surface area (Å²) in [5.74, 6) is 3.03. The van der Waals surface area contributed by atoms with Gasteiger partial charge in [-0.1, -0.05) is 59.3 Å². The number of aliphatic hydroxyl groups excluding tert-OH is 1. The smallest absolute Gasteiger partial charge is 0.187 e. The third-order valence-corrected chi connectivity index (χ3v) is 10.5. The fourth-order valence-electron chi connectivity index (χ4n) is 7.96. The predicted octanol–water partition coefficient (Wildman–Crippen LogP) is 5.70. The molecule has 174 valence electrons. The SMILES string of the molecule is CC(C)C(C)/C=C/[C@@H](C)[C@H]1CC[C@H]2C3=CC(=O)[C@@]4(O)C[C@@H](O)CC[C@]4(C)[C@H]3CC[C@]12C. The molecule has 0 saturated heterocycles. The first kappa shape index (κ1) is 23.2. The number of carbonyl (C=O) groups excluding carboxylic acids is 1. The Balaban J connectivity index is 1.62. The summed E-state index contributed by atoms with van der Waals surface area (Å²) in [6, 6.07) is 0. The van der Waals surface area contributed by atoms with Gasteiger partial charge in [0.2, 0.25) is 0 Å². The number of fused-ring (bicyclic) bond motifs is 5. The molecule has 1 unspecified atom stereocenters. The van der Waals surface area contributed by atoms with Crippen LogP contribution in [0.25, 0.3) is 0 Å². The summed E-state index contributed by atoms with van der Waals surface area (Å²) in [7, 11) is 0. The molecule has 0 bridgehead atoms. The van der Waals surface area contributed by atoms with Crippen LogP contribution in [0.4, 0.5) is 0 Å². The topological polar surface area (TPSA) is 57.5 Å². The Kier molecular flexibility index (Phi) is 5.87. The first-order valence-corrected chi connectivity index (χ1v) is 12.8. The van der Waals surface area contributed by atoms with E-state index in [-0.39, 0.29) is 23.5 Å². The van der Waals surface area contributed by atoms with Crippen LogP contribution in [0.1, 0.15) is 86.5 Å². The second kappa shape index (κ2) is 7.83. The van der Waals surface area contributed by atoms with Crippen molar-refractivity contribution in [3.8, 4) is 0 Å². The lowest BCUT2D eigenvalue weighted by atomic mass is 9.46. The van der Waals surface area contributed by atoms with Crippen LogP contribution in [0.5, 0.6) is 0 Å². The first-order chi connectivity index (χ1) is 14.4. The molecule has 0 aromatic heterocycles. The van der Waals surface area contributed by atoms with E-state index in [1.165, 1.54) is 18.4 Å². The van der Waals surface area contributed by atoms with Crippen molar-refractivity contribution in [3.05, 3.63) is 23.8 Å². The van der Waals surface area contributed by atoms with Crippen LogP contribution in [0.15, 0.2) is 23.8 Å². The van der Waals surface area contributed by atoms with E-state index in [0.717, 1.165) is 19.3 Å². The molecule has 0 aliphatic heterocycles. The second-order valence-corrected chi connectivity index (χ2v) is 12.4. The summed E-state index contributed by atoms with van der Waals surface area (Å²) in [6.45, 7) is 13.9. The highest BCUT2D eigenvalue weighted by Gasteiger charge is 2.65.